The topological polar surface area (TPSA) is 67.7 Å². The van der Waals surface area contributed by atoms with Crippen LogP contribution in [0.1, 0.15) is 29.7 Å². The van der Waals surface area contributed by atoms with Gasteiger partial charge in [0.2, 0.25) is 0 Å². The molecule has 0 bridgehead atoms. The highest BCUT2D eigenvalue weighted by Crippen LogP contribution is 2.43. The Morgan fingerprint density at radius 1 is 1.14 bits per heavy atom. The normalized spacial score (nSPS) is 25.3. The van der Waals surface area contributed by atoms with Crippen LogP contribution in [0.5, 0.6) is 0 Å². The lowest BCUT2D eigenvalue weighted by atomic mass is 9.91. The molecule has 4 aliphatic heterocycles. The number of morpholine rings is 1. The minimum Gasteiger partial charge on any atom is -0.369 e. The molecule has 2 aromatic carbocycles. The highest BCUT2D eigenvalue weighted by Gasteiger charge is 2.46. The van der Waals surface area contributed by atoms with E-state index in [-0.39, 0.29) is 5.60 Å². The number of hydrogen-bond donors (Lipinski definition) is 1. The van der Waals surface area contributed by atoms with Gasteiger partial charge in [-0.25, -0.2) is 0 Å². The number of nitrogens with one attached hydrogen (secondary N) is 1. The van der Waals surface area contributed by atoms with Gasteiger partial charge in [0, 0.05) is 61.7 Å². The quantitative estimate of drug-likeness (QED) is 0.623. The Bertz CT molecular complexity index is 1340. The molecule has 1 N–H and O–H groups in total. The summed E-state index contributed by atoms with van der Waals surface area (Å²) >= 11 is 0. The van der Waals surface area contributed by atoms with Crippen LogP contribution in [0.2, 0.25) is 0 Å². The first-order valence-corrected chi connectivity index (χ1v) is 12.7. The van der Waals surface area contributed by atoms with Gasteiger partial charge in [0.25, 0.3) is 0 Å². The van der Waals surface area contributed by atoms with Crippen molar-refractivity contribution < 1.29 is 4.74 Å². The number of fused-ring (bicyclic) bond motifs is 4. The standard InChI is InChI=1S/C28H30N6O/c1-19-13-32(25-7-4-20(12-29)27-24(25)3-2-8-31-27)15-26-23-6-5-22(11-21(23)14-34(19)26)33-17-28(18-33)16-30-9-10-35-28/h2-8,11,19,26,30H,9-10,13-18H2,1H3/t19-,26-/m1/s1. The lowest BCUT2D eigenvalue weighted by molar-refractivity contribution is -0.0828. The van der Waals surface area contributed by atoms with Crippen LogP contribution >= 0.6 is 0 Å². The Balaban J connectivity index is 1.16. The number of ether oxygens (including phenoxy) is 1. The maximum atomic E-state index is 9.54. The number of piperazine rings is 1. The van der Waals surface area contributed by atoms with Crippen molar-refractivity contribution in [1.29, 1.82) is 5.26 Å². The molecule has 1 spiro atoms. The van der Waals surface area contributed by atoms with Crippen LogP contribution in [0.25, 0.3) is 10.9 Å². The van der Waals surface area contributed by atoms with E-state index in [1.807, 2.05) is 12.1 Å². The van der Waals surface area contributed by atoms with E-state index >= 15 is 0 Å². The lowest BCUT2D eigenvalue weighted by Gasteiger charge is -2.52. The first-order valence-electron chi connectivity index (χ1n) is 12.7. The van der Waals surface area contributed by atoms with Gasteiger partial charge in [-0.15, -0.1) is 0 Å². The van der Waals surface area contributed by atoms with E-state index < -0.39 is 0 Å². The Labute approximate surface area is 205 Å². The molecule has 7 nitrogen and oxygen atoms in total. The van der Waals surface area contributed by atoms with E-state index in [4.69, 9.17) is 4.74 Å². The van der Waals surface area contributed by atoms with Crippen molar-refractivity contribution in [3.05, 3.63) is 65.4 Å². The molecule has 5 heterocycles. The van der Waals surface area contributed by atoms with Gasteiger partial charge < -0.3 is 19.9 Å². The van der Waals surface area contributed by atoms with Gasteiger partial charge in [0.05, 0.1) is 36.8 Å². The zero-order chi connectivity index (χ0) is 23.6. The van der Waals surface area contributed by atoms with Crippen LogP contribution < -0.4 is 15.1 Å². The molecule has 35 heavy (non-hydrogen) atoms. The van der Waals surface area contributed by atoms with E-state index in [0.29, 0.717) is 17.6 Å². The molecule has 7 rings (SSSR count). The smallest absolute Gasteiger partial charge is 0.115 e. The molecule has 0 aliphatic carbocycles. The maximum absolute atomic E-state index is 9.54. The van der Waals surface area contributed by atoms with Crippen LogP contribution in [0, 0.1) is 11.3 Å². The summed E-state index contributed by atoms with van der Waals surface area (Å²) in [6.45, 7) is 9.92. The summed E-state index contributed by atoms with van der Waals surface area (Å²) in [5.41, 5.74) is 6.83. The minimum absolute atomic E-state index is 0.00247. The van der Waals surface area contributed by atoms with E-state index in [1.165, 1.54) is 22.5 Å². The predicted octanol–water partition coefficient (Wildman–Crippen LogP) is 3.05. The summed E-state index contributed by atoms with van der Waals surface area (Å²) in [6, 6.07) is 18.3. The van der Waals surface area contributed by atoms with Crippen LogP contribution in [-0.2, 0) is 11.3 Å². The second kappa shape index (κ2) is 7.92. The van der Waals surface area contributed by atoms with Gasteiger partial charge in [-0.1, -0.05) is 6.07 Å². The number of aromatic nitrogens is 1. The van der Waals surface area contributed by atoms with E-state index in [2.05, 4.69) is 68.3 Å². The summed E-state index contributed by atoms with van der Waals surface area (Å²) in [4.78, 5) is 12.1. The first kappa shape index (κ1) is 21.1. The summed E-state index contributed by atoms with van der Waals surface area (Å²) < 4.78 is 6.10. The molecule has 1 aromatic heterocycles. The van der Waals surface area contributed by atoms with Crippen LogP contribution in [-0.4, -0.2) is 67.4 Å². The Kier molecular flexibility index (Phi) is 4.78. The highest BCUT2D eigenvalue weighted by atomic mass is 16.5. The third-order valence-electron chi connectivity index (χ3n) is 8.35. The van der Waals surface area contributed by atoms with Crippen molar-refractivity contribution in [1.82, 2.24) is 15.2 Å². The Morgan fingerprint density at radius 3 is 2.89 bits per heavy atom. The van der Waals surface area contributed by atoms with Crippen molar-refractivity contribution in [2.45, 2.75) is 31.2 Å². The molecule has 0 amide bonds. The molecular weight excluding hydrogens is 436 g/mol. The molecule has 4 aliphatic rings. The van der Waals surface area contributed by atoms with Gasteiger partial charge in [-0.3, -0.25) is 9.88 Å². The molecule has 3 saturated heterocycles. The molecule has 0 radical (unpaired) electrons. The number of nitrogens with zero attached hydrogens (tertiary/aromatic N) is 5. The SMILES string of the molecule is C[C@@H]1CN(c2ccc(C#N)c3ncccc23)C[C@@H]2c3ccc(N4CC5(CNCCO5)C4)cc3CN12. The third-order valence-corrected chi connectivity index (χ3v) is 8.35. The minimum atomic E-state index is 0.00247. The van der Waals surface area contributed by atoms with Gasteiger partial charge in [-0.2, -0.15) is 5.26 Å². The molecule has 7 heteroatoms. The van der Waals surface area contributed by atoms with Gasteiger partial charge in [-0.05, 0) is 54.4 Å². The number of anilines is 2. The van der Waals surface area contributed by atoms with Crippen LogP contribution in [0.15, 0.2) is 48.7 Å². The van der Waals surface area contributed by atoms with Gasteiger partial charge in [0.1, 0.15) is 11.7 Å². The van der Waals surface area contributed by atoms with Crippen LogP contribution in [0.4, 0.5) is 11.4 Å². The molecular formula is C28H30N6O. The molecule has 178 valence electrons. The second-order valence-electron chi connectivity index (χ2n) is 10.5. The largest absolute Gasteiger partial charge is 0.369 e. The molecule has 0 unspecified atom stereocenters. The van der Waals surface area contributed by atoms with Crippen molar-refractivity contribution >= 4 is 22.3 Å². The zero-order valence-electron chi connectivity index (χ0n) is 20.1. The van der Waals surface area contributed by atoms with E-state index in [9.17, 15) is 5.26 Å². The molecule has 3 fully saturated rings. The van der Waals surface area contributed by atoms with Gasteiger partial charge >= 0.3 is 0 Å². The summed E-state index contributed by atoms with van der Waals surface area (Å²) in [7, 11) is 0. The average Bonchev–Trinajstić information content (AvgIpc) is 3.25. The average molecular weight is 467 g/mol. The maximum Gasteiger partial charge on any atom is 0.115 e. The second-order valence-corrected chi connectivity index (χ2v) is 10.5. The third kappa shape index (κ3) is 3.32. The Hall–Kier alpha value is -3.18. The number of pyridine rings is 1. The zero-order valence-corrected chi connectivity index (χ0v) is 20.1. The Morgan fingerprint density at radius 2 is 2.06 bits per heavy atom. The number of rotatable bonds is 2. The van der Waals surface area contributed by atoms with E-state index in [1.54, 1.807) is 6.20 Å². The van der Waals surface area contributed by atoms with Gasteiger partial charge in [0.15, 0.2) is 0 Å². The van der Waals surface area contributed by atoms with Crippen molar-refractivity contribution in [3.63, 3.8) is 0 Å². The number of nitriles is 1. The van der Waals surface area contributed by atoms with E-state index in [0.717, 1.165) is 63.3 Å². The number of benzene rings is 2. The monoisotopic (exact) mass is 466 g/mol. The predicted molar refractivity (Wildman–Crippen MR) is 137 cm³/mol. The highest BCUT2D eigenvalue weighted by molar-refractivity contribution is 5.95. The fourth-order valence-electron chi connectivity index (χ4n) is 6.57. The summed E-state index contributed by atoms with van der Waals surface area (Å²) in [6.07, 6.45) is 1.77. The number of hydrogen-bond acceptors (Lipinski definition) is 7. The fraction of sp³-hybridized carbons (Fsp3) is 0.429. The lowest BCUT2D eigenvalue weighted by Crippen LogP contribution is -2.69. The molecule has 3 aromatic rings. The van der Waals surface area contributed by atoms with Crippen molar-refractivity contribution in [3.8, 4) is 6.07 Å². The van der Waals surface area contributed by atoms with Crippen LogP contribution in [0.3, 0.4) is 0 Å². The summed E-state index contributed by atoms with van der Waals surface area (Å²) in [5, 5.41) is 14.1. The molecule has 0 saturated carbocycles. The van der Waals surface area contributed by atoms with Crippen molar-refractivity contribution in [2.75, 3.05) is 55.7 Å². The fourth-order valence-corrected chi connectivity index (χ4v) is 6.57. The molecule has 2 atom stereocenters. The first-order chi connectivity index (χ1) is 17.1. The summed E-state index contributed by atoms with van der Waals surface area (Å²) in [5.74, 6) is 0. The van der Waals surface area contributed by atoms with Crippen molar-refractivity contribution in [2.24, 2.45) is 0 Å².